The average molecular weight is 245 g/mol. The normalized spacial score (nSPS) is 10.8. The summed E-state index contributed by atoms with van der Waals surface area (Å²) in [5.41, 5.74) is 2.19. The Kier molecular flexibility index (Phi) is 4.04. The van der Waals surface area contributed by atoms with Crippen LogP contribution in [0.1, 0.15) is 31.1 Å². The minimum atomic E-state index is 0.771. The molecule has 1 N–H and O–H groups in total. The zero-order valence-electron chi connectivity index (χ0n) is 11.1. The highest BCUT2D eigenvalue weighted by molar-refractivity contribution is 5.38. The number of aromatic nitrogens is 4. The first-order chi connectivity index (χ1) is 8.80. The van der Waals surface area contributed by atoms with Gasteiger partial charge in [-0.25, -0.2) is 9.67 Å². The van der Waals surface area contributed by atoms with E-state index in [2.05, 4.69) is 34.2 Å². The van der Waals surface area contributed by atoms with Gasteiger partial charge in [-0.2, -0.15) is 5.10 Å². The van der Waals surface area contributed by atoms with E-state index in [-0.39, 0.29) is 0 Å². The van der Waals surface area contributed by atoms with Gasteiger partial charge >= 0.3 is 0 Å². The Labute approximate surface area is 107 Å². The van der Waals surface area contributed by atoms with Crippen LogP contribution in [0.3, 0.4) is 0 Å². The summed E-state index contributed by atoms with van der Waals surface area (Å²) >= 11 is 0. The summed E-state index contributed by atoms with van der Waals surface area (Å²) in [5.74, 6) is 1.88. The van der Waals surface area contributed by atoms with Gasteiger partial charge in [-0.3, -0.25) is 4.98 Å². The molecule has 0 saturated heterocycles. The second kappa shape index (κ2) is 5.73. The molecule has 18 heavy (non-hydrogen) atoms. The van der Waals surface area contributed by atoms with Gasteiger partial charge in [-0.05, 0) is 13.1 Å². The minimum absolute atomic E-state index is 0.771. The SMILES string of the molecule is CCc1nc(CC)n(-c2ccncc2CNC)n1. The zero-order chi connectivity index (χ0) is 13.0. The summed E-state index contributed by atoms with van der Waals surface area (Å²) < 4.78 is 1.94. The van der Waals surface area contributed by atoms with Gasteiger partial charge in [0.05, 0.1) is 5.69 Å². The van der Waals surface area contributed by atoms with E-state index in [9.17, 15) is 0 Å². The molecular formula is C13H19N5. The summed E-state index contributed by atoms with van der Waals surface area (Å²) in [7, 11) is 1.93. The summed E-state index contributed by atoms with van der Waals surface area (Å²) in [6, 6.07) is 1.99. The van der Waals surface area contributed by atoms with E-state index in [1.165, 1.54) is 0 Å². The van der Waals surface area contributed by atoms with E-state index < -0.39 is 0 Å². The first-order valence-electron chi connectivity index (χ1n) is 6.32. The molecule has 0 amide bonds. The third-order valence-corrected chi connectivity index (χ3v) is 2.82. The molecule has 0 bridgehead atoms. The quantitative estimate of drug-likeness (QED) is 0.867. The smallest absolute Gasteiger partial charge is 0.151 e. The fraction of sp³-hybridized carbons (Fsp3) is 0.462. The first kappa shape index (κ1) is 12.7. The number of aryl methyl sites for hydroxylation is 2. The molecule has 0 atom stereocenters. The van der Waals surface area contributed by atoms with Crippen LogP contribution < -0.4 is 5.32 Å². The third kappa shape index (κ3) is 2.41. The summed E-state index contributed by atoms with van der Waals surface area (Å²) in [6.45, 7) is 4.94. The standard InChI is InChI=1S/C13H19N5/c1-4-12-16-13(5-2)18(17-12)11-6-7-15-9-10(11)8-14-3/h6-7,9,14H,4-5,8H2,1-3H3. The van der Waals surface area contributed by atoms with Crippen LogP contribution in [0.15, 0.2) is 18.5 Å². The number of nitrogens with zero attached hydrogens (tertiary/aromatic N) is 4. The number of hydrogen-bond donors (Lipinski definition) is 1. The van der Waals surface area contributed by atoms with Crippen LogP contribution in [0.2, 0.25) is 0 Å². The van der Waals surface area contributed by atoms with E-state index in [0.29, 0.717) is 0 Å². The Morgan fingerprint density at radius 2 is 2.11 bits per heavy atom. The van der Waals surface area contributed by atoms with E-state index in [1.807, 2.05) is 24.0 Å². The number of hydrogen-bond acceptors (Lipinski definition) is 4. The highest BCUT2D eigenvalue weighted by atomic mass is 15.4. The molecule has 0 unspecified atom stereocenters. The van der Waals surface area contributed by atoms with Gasteiger partial charge in [0.25, 0.3) is 0 Å². The number of rotatable bonds is 5. The van der Waals surface area contributed by atoms with E-state index in [0.717, 1.165) is 42.3 Å². The van der Waals surface area contributed by atoms with Crippen LogP contribution in [-0.4, -0.2) is 26.8 Å². The number of nitrogens with one attached hydrogen (secondary N) is 1. The second-order valence-corrected chi connectivity index (χ2v) is 4.10. The molecule has 0 aliphatic rings. The van der Waals surface area contributed by atoms with Gasteiger partial charge in [-0.15, -0.1) is 0 Å². The maximum Gasteiger partial charge on any atom is 0.151 e. The predicted octanol–water partition coefficient (Wildman–Crippen LogP) is 1.51. The van der Waals surface area contributed by atoms with Crippen LogP contribution in [-0.2, 0) is 19.4 Å². The molecule has 0 spiro atoms. The Bertz CT molecular complexity index is 518. The topological polar surface area (TPSA) is 55.6 Å². The van der Waals surface area contributed by atoms with E-state index in [4.69, 9.17) is 0 Å². The van der Waals surface area contributed by atoms with Crippen molar-refractivity contribution in [3.63, 3.8) is 0 Å². The van der Waals surface area contributed by atoms with Gasteiger partial charge in [0.15, 0.2) is 5.82 Å². The monoisotopic (exact) mass is 245 g/mol. The lowest BCUT2D eigenvalue weighted by Gasteiger charge is -2.09. The van der Waals surface area contributed by atoms with Gasteiger partial charge < -0.3 is 5.32 Å². The molecule has 0 saturated carbocycles. The van der Waals surface area contributed by atoms with Crippen molar-refractivity contribution in [3.05, 3.63) is 35.7 Å². The lowest BCUT2D eigenvalue weighted by molar-refractivity contribution is 0.752. The molecular weight excluding hydrogens is 226 g/mol. The van der Waals surface area contributed by atoms with Crippen LogP contribution in [0.25, 0.3) is 5.69 Å². The molecule has 2 heterocycles. The molecule has 0 aromatic carbocycles. The second-order valence-electron chi connectivity index (χ2n) is 4.10. The lowest BCUT2D eigenvalue weighted by Crippen LogP contribution is -2.11. The summed E-state index contributed by atoms with van der Waals surface area (Å²) in [4.78, 5) is 8.71. The van der Waals surface area contributed by atoms with Crippen molar-refractivity contribution in [3.8, 4) is 5.69 Å². The molecule has 0 aliphatic heterocycles. The van der Waals surface area contributed by atoms with E-state index in [1.54, 1.807) is 6.20 Å². The third-order valence-electron chi connectivity index (χ3n) is 2.82. The van der Waals surface area contributed by atoms with Gasteiger partial charge in [0.2, 0.25) is 0 Å². The van der Waals surface area contributed by atoms with Crippen molar-refractivity contribution in [1.82, 2.24) is 25.1 Å². The molecule has 2 rings (SSSR count). The minimum Gasteiger partial charge on any atom is -0.316 e. The van der Waals surface area contributed by atoms with Crippen molar-refractivity contribution in [2.75, 3.05) is 7.05 Å². The maximum absolute atomic E-state index is 4.56. The first-order valence-corrected chi connectivity index (χ1v) is 6.32. The van der Waals surface area contributed by atoms with Crippen LogP contribution >= 0.6 is 0 Å². The highest BCUT2D eigenvalue weighted by Gasteiger charge is 2.12. The van der Waals surface area contributed by atoms with Gasteiger partial charge in [0.1, 0.15) is 5.82 Å². The molecule has 5 heteroatoms. The zero-order valence-corrected chi connectivity index (χ0v) is 11.1. The molecule has 0 radical (unpaired) electrons. The van der Waals surface area contributed by atoms with Crippen molar-refractivity contribution in [2.45, 2.75) is 33.2 Å². The average Bonchev–Trinajstić information content (AvgIpc) is 2.83. The van der Waals surface area contributed by atoms with Crippen LogP contribution in [0, 0.1) is 0 Å². The molecule has 2 aromatic rings. The summed E-state index contributed by atoms with van der Waals surface area (Å²) in [5, 5.41) is 7.71. The van der Waals surface area contributed by atoms with Gasteiger partial charge in [-0.1, -0.05) is 13.8 Å². The molecule has 0 fully saturated rings. The van der Waals surface area contributed by atoms with Gasteiger partial charge in [0, 0.05) is 37.3 Å². The van der Waals surface area contributed by atoms with Crippen molar-refractivity contribution in [1.29, 1.82) is 0 Å². The number of pyridine rings is 1. The predicted molar refractivity (Wildman–Crippen MR) is 70.7 cm³/mol. The Morgan fingerprint density at radius 3 is 2.78 bits per heavy atom. The highest BCUT2D eigenvalue weighted by Crippen LogP contribution is 2.15. The molecule has 0 aliphatic carbocycles. The molecule has 5 nitrogen and oxygen atoms in total. The van der Waals surface area contributed by atoms with E-state index >= 15 is 0 Å². The molecule has 96 valence electrons. The van der Waals surface area contributed by atoms with Crippen molar-refractivity contribution in [2.24, 2.45) is 0 Å². The lowest BCUT2D eigenvalue weighted by atomic mass is 10.2. The fourth-order valence-electron chi connectivity index (χ4n) is 1.92. The Morgan fingerprint density at radius 1 is 1.28 bits per heavy atom. The van der Waals surface area contributed by atoms with Crippen LogP contribution in [0.4, 0.5) is 0 Å². The molecule has 2 aromatic heterocycles. The van der Waals surface area contributed by atoms with Crippen molar-refractivity contribution < 1.29 is 0 Å². The summed E-state index contributed by atoms with van der Waals surface area (Å²) in [6.07, 6.45) is 5.39. The van der Waals surface area contributed by atoms with Crippen LogP contribution in [0.5, 0.6) is 0 Å². The maximum atomic E-state index is 4.56. The fourth-order valence-corrected chi connectivity index (χ4v) is 1.92. The Hall–Kier alpha value is -1.75. The Balaban J connectivity index is 2.50. The largest absolute Gasteiger partial charge is 0.316 e. The van der Waals surface area contributed by atoms with Crippen molar-refractivity contribution >= 4 is 0 Å².